The SMILES string of the molecule is Nc1cc(CC(O)CO)cc(-c2ccccc2)c1N. The zero-order valence-corrected chi connectivity index (χ0v) is 10.6. The van der Waals surface area contributed by atoms with Crippen LogP contribution < -0.4 is 11.5 Å². The van der Waals surface area contributed by atoms with Crippen molar-refractivity contribution in [3.05, 3.63) is 48.0 Å². The standard InChI is InChI=1S/C15H18N2O2/c16-14-8-10(6-12(19)9-18)7-13(15(14)17)11-4-2-1-3-5-11/h1-5,7-8,12,18-19H,6,9,16-17H2. The van der Waals surface area contributed by atoms with E-state index in [0.717, 1.165) is 16.7 Å². The Balaban J connectivity index is 2.43. The number of anilines is 2. The van der Waals surface area contributed by atoms with Crippen molar-refractivity contribution in [2.75, 3.05) is 18.1 Å². The molecule has 4 nitrogen and oxygen atoms in total. The molecule has 100 valence electrons. The summed E-state index contributed by atoms with van der Waals surface area (Å²) < 4.78 is 0. The van der Waals surface area contributed by atoms with Crippen LogP contribution in [0.1, 0.15) is 5.56 Å². The molecule has 0 fully saturated rings. The highest BCUT2D eigenvalue weighted by molar-refractivity contribution is 5.85. The monoisotopic (exact) mass is 258 g/mol. The van der Waals surface area contributed by atoms with Gasteiger partial charge in [0, 0.05) is 12.0 Å². The highest BCUT2D eigenvalue weighted by Gasteiger charge is 2.10. The molecule has 19 heavy (non-hydrogen) atoms. The van der Waals surface area contributed by atoms with Crippen LogP contribution in [0.5, 0.6) is 0 Å². The minimum atomic E-state index is -0.786. The van der Waals surface area contributed by atoms with Crippen LogP contribution >= 0.6 is 0 Å². The Labute approximate surface area is 112 Å². The molecule has 0 heterocycles. The number of benzene rings is 2. The zero-order chi connectivity index (χ0) is 13.8. The number of rotatable bonds is 4. The summed E-state index contributed by atoms with van der Waals surface area (Å²) in [6.07, 6.45) is -0.437. The van der Waals surface area contributed by atoms with Crippen LogP contribution in [0.4, 0.5) is 11.4 Å². The molecule has 0 bridgehead atoms. The van der Waals surface area contributed by atoms with Crippen molar-refractivity contribution < 1.29 is 10.2 Å². The first kappa shape index (κ1) is 13.4. The Morgan fingerprint density at radius 2 is 1.74 bits per heavy atom. The van der Waals surface area contributed by atoms with Gasteiger partial charge in [-0.15, -0.1) is 0 Å². The smallest absolute Gasteiger partial charge is 0.0811 e. The number of aliphatic hydroxyl groups is 2. The minimum absolute atomic E-state index is 0.273. The van der Waals surface area contributed by atoms with E-state index >= 15 is 0 Å². The lowest BCUT2D eigenvalue weighted by atomic mass is 9.97. The summed E-state index contributed by atoms with van der Waals surface area (Å²) >= 11 is 0. The Kier molecular flexibility index (Phi) is 4.04. The molecule has 4 heteroatoms. The number of aliphatic hydroxyl groups excluding tert-OH is 2. The fourth-order valence-corrected chi connectivity index (χ4v) is 2.05. The van der Waals surface area contributed by atoms with E-state index in [-0.39, 0.29) is 6.61 Å². The molecule has 2 aromatic carbocycles. The van der Waals surface area contributed by atoms with E-state index in [2.05, 4.69) is 0 Å². The van der Waals surface area contributed by atoms with Gasteiger partial charge in [-0.05, 0) is 23.3 Å². The molecule has 0 aliphatic heterocycles. The maximum absolute atomic E-state index is 9.51. The van der Waals surface area contributed by atoms with E-state index in [1.54, 1.807) is 6.07 Å². The summed E-state index contributed by atoms with van der Waals surface area (Å²) in [6, 6.07) is 13.3. The number of hydrogen-bond acceptors (Lipinski definition) is 4. The molecule has 0 aliphatic rings. The molecule has 0 saturated carbocycles. The maximum Gasteiger partial charge on any atom is 0.0811 e. The zero-order valence-electron chi connectivity index (χ0n) is 10.6. The van der Waals surface area contributed by atoms with Crippen LogP contribution in [0, 0.1) is 0 Å². The average molecular weight is 258 g/mol. The third-order valence-corrected chi connectivity index (χ3v) is 3.04. The molecule has 1 atom stereocenters. The molecule has 6 N–H and O–H groups in total. The molecular weight excluding hydrogens is 240 g/mol. The van der Waals surface area contributed by atoms with Gasteiger partial charge in [-0.25, -0.2) is 0 Å². The van der Waals surface area contributed by atoms with Crippen LogP contribution in [0.15, 0.2) is 42.5 Å². The highest BCUT2D eigenvalue weighted by Crippen LogP contribution is 2.32. The third-order valence-electron chi connectivity index (χ3n) is 3.04. The van der Waals surface area contributed by atoms with E-state index in [0.29, 0.717) is 17.8 Å². The summed E-state index contributed by atoms with van der Waals surface area (Å²) in [7, 11) is 0. The van der Waals surface area contributed by atoms with Crippen LogP contribution in [0.3, 0.4) is 0 Å². The van der Waals surface area contributed by atoms with Crippen molar-refractivity contribution in [1.82, 2.24) is 0 Å². The van der Waals surface area contributed by atoms with Gasteiger partial charge in [0.15, 0.2) is 0 Å². The lowest BCUT2D eigenvalue weighted by molar-refractivity contribution is 0.0955. The second-order valence-corrected chi connectivity index (χ2v) is 4.55. The first-order chi connectivity index (χ1) is 9.11. The van der Waals surface area contributed by atoms with E-state index in [4.69, 9.17) is 16.6 Å². The van der Waals surface area contributed by atoms with Crippen molar-refractivity contribution >= 4 is 11.4 Å². The van der Waals surface area contributed by atoms with E-state index in [9.17, 15) is 5.11 Å². The molecule has 0 saturated heterocycles. The fraction of sp³-hybridized carbons (Fsp3) is 0.200. The second-order valence-electron chi connectivity index (χ2n) is 4.55. The minimum Gasteiger partial charge on any atom is -0.397 e. The quantitative estimate of drug-likeness (QED) is 0.624. The molecule has 1 unspecified atom stereocenters. The Hall–Kier alpha value is -2.04. The third kappa shape index (κ3) is 3.05. The predicted molar refractivity (Wildman–Crippen MR) is 77.5 cm³/mol. The van der Waals surface area contributed by atoms with E-state index < -0.39 is 6.10 Å². The van der Waals surface area contributed by atoms with Gasteiger partial charge < -0.3 is 21.7 Å². The molecule has 0 aromatic heterocycles. The van der Waals surface area contributed by atoms with Crippen LogP contribution in [0.2, 0.25) is 0 Å². The first-order valence-corrected chi connectivity index (χ1v) is 6.14. The van der Waals surface area contributed by atoms with Gasteiger partial charge in [0.1, 0.15) is 0 Å². The van der Waals surface area contributed by atoms with Crippen LogP contribution in [-0.4, -0.2) is 22.9 Å². The summed E-state index contributed by atoms with van der Waals surface area (Å²) in [5, 5.41) is 18.4. The maximum atomic E-state index is 9.51. The van der Waals surface area contributed by atoms with Gasteiger partial charge in [-0.1, -0.05) is 30.3 Å². The van der Waals surface area contributed by atoms with E-state index in [1.165, 1.54) is 0 Å². The lowest BCUT2D eigenvalue weighted by Gasteiger charge is -2.13. The summed E-state index contributed by atoms with van der Waals surface area (Å²) in [5.41, 5.74) is 15.6. The molecule has 2 rings (SSSR count). The summed E-state index contributed by atoms with van der Waals surface area (Å²) in [5.74, 6) is 0. The number of nitrogens with two attached hydrogens (primary N) is 2. The Bertz CT molecular complexity index is 556. The Morgan fingerprint density at radius 1 is 1.05 bits per heavy atom. The van der Waals surface area contributed by atoms with Gasteiger partial charge in [-0.2, -0.15) is 0 Å². The van der Waals surface area contributed by atoms with Crippen molar-refractivity contribution in [2.24, 2.45) is 0 Å². The average Bonchev–Trinajstić information content (AvgIpc) is 2.43. The van der Waals surface area contributed by atoms with Crippen molar-refractivity contribution in [3.63, 3.8) is 0 Å². The largest absolute Gasteiger partial charge is 0.397 e. The van der Waals surface area contributed by atoms with Gasteiger partial charge in [0.25, 0.3) is 0 Å². The van der Waals surface area contributed by atoms with Crippen LogP contribution in [-0.2, 0) is 6.42 Å². The molecule has 0 spiro atoms. The highest BCUT2D eigenvalue weighted by atomic mass is 16.3. The van der Waals surface area contributed by atoms with Gasteiger partial charge in [0.2, 0.25) is 0 Å². The molecular formula is C15H18N2O2. The van der Waals surface area contributed by atoms with Gasteiger partial charge >= 0.3 is 0 Å². The molecule has 0 amide bonds. The fourth-order valence-electron chi connectivity index (χ4n) is 2.05. The predicted octanol–water partition coefficient (Wildman–Crippen LogP) is 1.41. The molecule has 0 aliphatic carbocycles. The first-order valence-electron chi connectivity index (χ1n) is 6.14. The summed E-state index contributed by atoms with van der Waals surface area (Å²) in [4.78, 5) is 0. The Morgan fingerprint density at radius 3 is 2.37 bits per heavy atom. The summed E-state index contributed by atoms with van der Waals surface area (Å²) in [6.45, 7) is -0.273. The van der Waals surface area contributed by atoms with Gasteiger partial charge in [-0.3, -0.25) is 0 Å². The topological polar surface area (TPSA) is 92.5 Å². The number of nitrogen functional groups attached to an aromatic ring is 2. The lowest BCUT2D eigenvalue weighted by Crippen LogP contribution is -2.15. The molecule has 2 aromatic rings. The van der Waals surface area contributed by atoms with E-state index in [1.807, 2.05) is 36.4 Å². The van der Waals surface area contributed by atoms with Crippen molar-refractivity contribution in [3.8, 4) is 11.1 Å². The van der Waals surface area contributed by atoms with Crippen molar-refractivity contribution in [1.29, 1.82) is 0 Å². The second kappa shape index (κ2) is 5.73. The van der Waals surface area contributed by atoms with Crippen molar-refractivity contribution in [2.45, 2.75) is 12.5 Å². The number of hydrogen-bond donors (Lipinski definition) is 4. The van der Waals surface area contributed by atoms with Crippen LogP contribution in [0.25, 0.3) is 11.1 Å². The normalized spacial score (nSPS) is 12.3. The molecule has 0 radical (unpaired) electrons. The van der Waals surface area contributed by atoms with Gasteiger partial charge in [0.05, 0.1) is 24.1 Å².